The van der Waals surface area contributed by atoms with Gasteiger partial charge in [0.15, 0.2) is 0 Å². The number of sulfonamides is 1. The molecule has 6 rings (SSSR count). The summed E-state index contributed by atoms with van der Waals surface area (Å²) in [5.74, 6) is -3.33. The number of benzene rings is 1. The molecule has 0 radical (unpaired) electrons. The van der Waals surface area contributed by atoms with Crippen LogP contribution in [0.2, 0.25) is 0 Å². The molecule has 1 aromatic carbocycles. The number of nitrogens with one attached hydrogen (secondary N) is 2. The van der Waals surface area contributed by atoms with Gasteiger partial charge in [-0.2, -0.15) is 0 Å². The van der Waals surface area contributed by atoms with Gasteiger partial charge in [0.05, 0.1) is 17.1 Å². The molecule has 11 nitrogen and oxygen atoms in total. The summed E-state index contributed by atoms with van der Waals surface area (Å²) in [5.41, 5.74) is 0.728. The number of ether oxygens (including phenoxy) is 1. The predicted octanol–water partition coefficient (Wildman–Crippen LogP) is 2.22. The fourth-order valence-corrected chi connectivity index (χ4v) is 7.93. The number of hydrogen-bond donors (Lipinski definition) is 2. The van der Waals surface area contributed by atoms with Crippen LogP contribution in [0.3, 0.4) is 0 Å². The quantitative estimate of drug-likeness (QED) is 0.506. The fraction of sp³-hybridized carbons (Fsp3) is 0.600. The van der Waals surface area contributed by atoms with Crippen molar-refractivity contribution in [1.29, 1.82) is 0 Å². The van der Waals surface area contributed by atoms with Gasteiger partial charge in [-0.05, 0) is 62.5 Å². The summed E-state index contributed by atoms with van der Waals surface area (Å²) in [6.45, 7) is 1.42. The molecule has 5 aliphatic rings. The minimum atomic E-state index is -3.81. The smallest absolute Gasteiger partial charge is 0.410 e. The third-order valence-corrected chi connectivity index (χ3v) is 11.2. The van der Waals surface area contributed by atoms with E-state index < -0.39 is 56.7 Å². The van der Waals surface area contributed by atoms with Gasteiger partial charge >= 0.3 is 6.09 Å². The van der Waals surface area contributed by atoms with E-state index in [2.05, 4.69) is 10.0 Å². The summed E-state index contributed by atoms with van der Waals surface area (Å²) >= 11 is 0. The lowest BCUT2D eigenvalue weighted by molar-refractivity contribution is -0.140. The Morgan fingerprint density at radius 1 is 1.05 bits per heavy atom. The van der Waals surface area contributed by atoms with Crippen LogP contribution < -0.4 is 10.0 Å². The summed E-state index contributed by atoms with van der Waals surface area (Å²) in [7, 11) is -2.09. The molecular formula is C30H38N4O7S. The molecule has 3 saturated carbocycles. The zero-order valence-corrected chi connectivity index (χ0v) is 24.6. The maximum atomic E-state index is 13.8. The molecule has 5 atom stereocenters. The highest BCUT2D eigenvalue weighted by Gasteiger charge is 2.62. The van der Waals surface area contributed by atoms with Crippen LogP contribution in [0, 0.1) is 17.8 Å². The number of hydrogen-bond acceptors (Lipinski definition) is 7. The molecule has 0 spiro atoms. The lowest BCUT2D eigenvalue weighted by atomic mass is 9.93. The van der Waals surface area contributed by atoms with Gasteiger partial charge in [-0.15, -0.1) is 0 Å². The second-order valence-corrected chi connectivity index (χ2v) is 14.4. The molecule has 0 aromatic heterocycles. The maximum Gasteiger partial charge on any atom is 0.410 e. The highest BCUT2D eigenvalue weighted by Crippen LogP contribution is 2.47. The molecule has 0 unspecified atom stereocenters. The number of nitrogens with zero attached hydrogens (tertiary/aromatic N) is 2. The van der Waals surface area contributed by atoms with Crippen LogP contribution in [-0.4, -0.2) is 72.5 Å². The number of amides is 4. The minimum absolute atomic E-state index is 0.140. The Kier molecular flexibility index (Phi) is 7.53. The Morgan fingerprint density at radius 2 is 1.74 bits per heavy atom. The average Bonchev–Trinajstić information content (AvgIpc) is 3.84. The van der Waals surface area contributed by atoms with Crippen LogP contribution in [0.1, 0.15) is 62.5 Å². The monoisotopic (exact) mass is 598 g/mol. The Morgan fingerprint density at radius 3 is 2.43 bits per heavy atom. The highest BCUT2D eigenvalue weighted by molar-refractivity contribution is 7.91. The highest BCUT2D eigenvalue weighted by atomic mass is 32.2. The molecular weight excluding hydrogens is 560 g/mol. The van der Waals surface area contributed by atoms with Crippen LogP contribution in [0.25, 0.3) is 0 Å². The van der Waals surface area contributed by atoms with Gasteiger partial charge in [-0.1, -0.05) is 36.4 Å². The first kappa shape index (κ1) is 28.7. The summed E-state index contributed by atoms with van der Waals surface area (Å²) in [4.78, 5) is 57.1. The number of rotatable bonds is 4. The third-order valence-electron chi connectivity index (χ3n) is 9.36. The molecule has 0 bridgehead atoms. The molecule has 2 aliphatic heterocycles. The van der Waals surface area contributed by atoms with Crippen molar-refractivity contribution in [3.63, 3.8) is 0 Å². The van der Waals surface area contributed by atoms with E-state index in [9.17, 15) is 27.6 Å². The van der Waals surface area contributed by atoms with Crippen molar-refractivity contribution >= 4 is 33.8 Å². The van der Waals surface area contributed by atoms with Crippen LogP contribution in [-0.2, 0) is 42.2 Å². The molecule has 42 heavy (non-hydrogen) atoms. The zero-order chi connectivity index (χ0) is 29.6. The molecule has 3 fully saturated rings. The van der Waals surface area contributed by atoms with Crippen molar-refractivity contribution in [2.75, 3.05) is 13.6 Å². The van der Waals surface area contributed by atoms with Gasteiger partial charge in [0, 0.05) is 32.6 Å². The van der Waals surface area contributed by atoms with E-state index in [-0.39, 0.29) is 31.1 Å². The van der Waals surface area contributed by atoms with Crippen LogP contribution in [0.4, 0.5) is 4.79 Å². The first-order valence-electron chi connectivity index (χ1n) is 14.9. The van der Waals surface area contributed by atoms with E-state index in [1.807, 2.05) is 36.4 Å². The van der Waals surface area contributed by atoms with Gasteiger partial charge in [-0.25, -0.2) is 13.2 Å². The summed E-state index contributed by atoms with van der Waals surface area (Å²) in [6, 6.07) is 7.80. The molecule has 2 N–H and O–H groups in total. The molecule has 4 amide bonds. The Hall–Kier alpha value is -3.41. The van der Waals surface area contributed by atoms with Crippen LogP contribution in [0.15, 0.2) is 36.4 Å². The Labute approximate surface area is 246 Å². The van der Waals surface area contributed by atoms with E-state index in [0.717, 1.165) is 30.4 Å². The van der Waals surface area contributed by atoms with Crippen molar-refractivity contribution < 1.29 is 32.3 Å². The standard InChI is InChI=1S/C30H38N4O7S/c1-33-13-7-3-2-4-10-21-16-30(21,28(37)32-42(39,40)23-11-12-23)31-26(35)24-14-22(15-25(24)27(33)36)41-29(38)34-17-19-8-5-6-9-20(19)18-34/h4-6,8-10,21-25H,2-3,7,11-18H2,1H3,(H,31,35)(H,32,37)/t21-,22-,24-,25-,30-/m1/s1. The summed E-state index contributed by atoms with van der Waals surface area (Å²) in [5, 5.41) is 2.28. The SMILES string of the molecule is CN1CCCCC=C[C@@H]2C[C@@]2(C(=O)NS(=O)(=O)C2CC2)NC(=O)[C@@H]2C[C@@H](OC(=O)N3Cc4ccccc4C3)C[C@H]2C1=O. The topological polar surface area (TPSA) is 142 Å². The normalized spacial score (nSPS) is 31.4. The number of carbonyl (C=O) groups excluding carboxylic acids is 4. The van der Waals surface area contributed by atoms with E-state index in [0.29, 0.717) is 32.5 Å². The van der Waals surface area contributed by atoms with Crippen molar-refractivity contribution in [1.82, 2.24) is 19.8 Å². The van der Waals surface area contributed by atoms with Crippen LogP contribution >= 0.6 is 0 Å². The molecule has 226 valence electrons. The third kappa shape index (κ3) is 5.65. The van der Waals surface area contributed by atoms with Crippen LogP contribution in [0.5, 0.6) is 0 Å². The minimum Gasteiger partial charge on any atom is -0.446 e. The summed E-state index contributed by atoms with van der Waals surface area (Å²) in [6.07, 6.45) is 6.70. The number of allylic oxidation sites excluding steroid dienone is 1. The average molecular weight is 599 g/mol. The fourth-order valence-electron chi connectivity index (χ4n) is 6.57. The van der Waals surface area contributed by atoms with E-state index in [4.69, 9.17) is 4.74 Å². The van der Waals surface area contributed by atoms with Crippen molar-refractivity contribution in [2.24, 2.45) is 17.8 Å². The van der Waals surface area contributed by atoms with E-state index >= 15 is 0 Å². The van der Waals surface area contributed by atoms with Gasteiger partial charge < -0.3 is 15.0 Å². The lowest BCUT2D eigenvalue weighted by Crippen LogP contribution is -2.54. The van der Waals surface area contributed by atoms with E-state index in [1.165, 1.54) is 0 Å². The second kappa shape index (κ2) is 11.0. The number of carbonyl (C=O) groups is 4. The molecule has 2 heterocycles. The van der Waals surface area contributed by atoms with Gasteiger partial charge in [0.2, 0.25) is 21.8 Å². The zero-order valence-electron chi connectivity index (χ0n) is 23.8. The Balaban J connectivity index is 1.20. The lowest BCUT2D eigenvalue weighted by Gasteiger charge is -2.26. The maximum absolute atomic E-state index is 13.8. The Bertz CT molecular complexity index is 1400. The molecule has 0 saturated heterocycles. The molecule has 3 aliphatic carbocycles. The van der Waals surface area contributed by atoms with Gasteiger partial charge in [0.25, 0.3) is 5.91 Å². The van der Waals surface area contributed by atoms with Crippen molar-refractivity contribution in [2.45, 2.75) is 81.3 Å². The first-order chi connectivity index (χ1) is 20.1. The van der Waals surface area contributed by atoms with Gasteiger partial charge in [-0.3, -0.25) is 24.0 Å². The van der Waals surface area contributed by atoms with E-state index in [1.54, 1.807) is 16.8 Å². The molecule has 1 aromatic rings. The second-order valence-electron chi connectivity index (χ2n) is 12.4. The molecule has 12 heteroatoms. The largest absolute Gasteiger partial charge is 0.446 e. The first-order valence-corrected chi connectivity index (χ1v) is 16.4. The predicted molar refractivity (Wildman–Crippen MR) is 152 cm³/mol. The van der Waals surface area contributed by atoms with Crippen molar-refractivity contribution in [3.05, 3.63) is 47.5 Å². The summed E-state index contributed by atoms with van der Waals surface area (Å²) < 4.78 is 33.2. The van der Waals surface area contributed by atoms with Crippen molar-refractivity contribution in [3.8, 4) is 0 Å². The van der Waals surface area contributed by atoms with Gasteiger partial charge in [0.1, 0.15) is 11.6 Å². The number of fused-ring (bicyclic) bond motifs is 3.